The zero-order valence-corrected chi connectivity index (χ0v) is 26.1. The van der Waals surface area contributed by atoms with Crippen LogP contribution in [0.5, 0.6) is 0 Å². The zero-order chi connectivity index (χ0) is 32.7. The van der Waals surface area contributed by atoms with Gasteiger partial charge in [-0.25, -0.2) is 0 Å². The third kappa shape index (κ3) is 9.63. The fourth-order valence-corrected chi connectivity index (χ4v) is 5.25. The van der Waals surface area contributed by atoms with Gasteiger partial charge in [-0.3, -0.25) is 14.4 Å². The van der Waals surface area contributed by atoms with Gasteiger partial charge in [0.15, 0.2) is 11.2 Å². The molecule has 0 aliphatic carbocycles. The predicted molar refractivity (Wildman–Crippen MR) is 173 cm³/mol. The second-order valence-electron chi connectivity index (χ2n) is 10.8. The first-order valence-electron chi connectivity index (χ1n) is 15.6. The van der Waals surface area contributed by atoms with E-state index in [1.165, 1.54) is 6.26 Å². The average molecular weight is 638 g/mol. The molecule has 3 atom stereocenters. The highest BCUT2D eigenvalue weighted by molar-refractivity contribution is 5.94. The number of amides is 2. The molecule has 3 aromatic rings. The number of hydrogen-bond acceptors (Lipinski definition) is 10. The molecule has 0 spiro atoms. The van der Waals surface area contributed by atoms with Crippen LogP contribution in [0.4, 0.5) is 11.4 Å². The molecule has 1 aromatic heterocycles. The van der Waals surface area contributed by atoms with Gasteiger partial charge in [-0.05, 0) is 56.5 Å². The van der Waals surface area contributed by atoms with E-state index in [-0.39, 0.29) is 42.6 Å². The highest BCUT2D eigenvalue weighted by Gasteiger charge is 2.39. The third-order valence-electron chi connectivity index (χ3n) is 7.56. The zero-order valence-electron chi connectivity index (χ0n) is 26.1. The molecule has 0 bridgehead atoms. The van der Waals surface area contributed by atoms with Crippen molar-refractivity contribution in [1.29, 1.82) is 0 Å². The van der Waals surface area contributed by atoms with E-state index in [4.69, 9.17) is 34.2 Å². The fraction of sp³-hybridized carbons (Fsp3) is 0.441. The number of ether oxygens (including phenoxy) is 4. The molecule has 0 fully saturated rings. The topological polar surface area (TPSA) is 172 Å². The lowest BCUT2D eigenvalue weighted by Gasteiger charge is -2.36. The summed E-state index contributed by atoms with van der Waals surface area (Å²) in [6.07, 6.45) is 4.12. The number of nitrogens with two attached hydrogens (primary N) is 1. The van der Waals surface area contributed by atoms with E-state index in [2.05, 4.69) is 10.6 Å². The van der Waals surface area contributed by atoms with Crippen LogP contribution in [0.15, 0.2) is 75.8 Å². The second-order valence-corrected chi connectivity index (χ2v) is 10.8. The van der Waals surface area contributed by atoms with Crippen LogP contribution in [0.1, 0.15) is 44.1 Å². The number of aliphatic hydroxyl groups is 1. The first kappa shape index (κ1) is 34.6. The van der Waals surface area contributed by atoms with E-state index in [0.29, 0.717) is 80.1 Å². The summed E-state index contributed by atoms with van der Waals surface area (Å²) in [6.45, 7) is 3.65. The smallest absolute Gasteiger partial charge is 0.286 e. The number of carbonyl (C=O) groups is 2. The summed E-state index contributed by atoms with van der Waals surface area (Å²) in [6, 6.07) is 14.1. The Morgan fingerprint density at radius 1 is 1.00 bits per heavy atom. The number of nitrogens with one attached hydrogen (secondary N) is 2. The minimum absolute atomic E-state index is 0.0443. The van der Waals surface area contributed by atoms with Crippen LogP contribution in [0.25, 0.3) is 11.0 Å². The molecule has 46 heavy (non-hydrogen) atoms. The first-order chi connectivity index (χ1) is 22.4. The average Bonchev–Trinajstić information content (AvgIpc) is 3.06. The number of benzene rings is 2. The molecule has 1 aliphatic rings. The minimum atomic E-state index is -0.824. The van der Waals surface area contributed by atoms with Gasteiger partial charge in [0, 0.05) is 43.6 Å². The molecule has 0 saturated heterocycles. The van der Waals surface area contributed by atoms with E-state index in [1.807, 2.05) is 6.92 Å². The SMILES string of the molecule is CCO[C@H]1OC(C(=O)NCCCCC(=O)Nc2ccccc2N)=C[C@@H](c2coc3ccccc3c2=O)[C@H]1CCOCCOCCO. The van der Waals surface area contributed by atoms with Gasteiger partial charge in [0.1, 0.15) is 5.58 Å². The normalized spacial score (nSPS) is 17.7. The lowest BCUT2D eigenvalue weighted by atomic mass is 9.81. The van der Waals surface area contributed by atoms with Crippen molar-refractivity contribution in [2.75, 3.05) is 57.2 Å². The summed E-state index contributed by atoms with van der Waals surface area (Å²) in [4.78, 5) is 39.2. The van der Waals surface area contributed by atoms with Crippen molar-refractivity contribution in [1.82, 2.24) is 5.32 Å². The number of hydrogen-bond donors (Lipinski definition) is 4. The van der Waals surface area contributed by atoms with Gasteiger partial charge < -0.3 is 44.8 Å². The van der Waals surface area contributed by atoms with Gasteiger partial charge >= 0.3 is 0 Å². The molecule has 1 aliphatic heterocycles. The number of unbranched alkanes of at least 4 members (excludes halogenated alkanes) is 1. The predicted octanol–water partition coefficient (Wildman–Crippen LogP) is 3.69. The molecule has 0 unspecified atom stereocenters. The van der Waals surface area contributed by atoms with Gasteiger partial charge in [0.2, 0.25) is 12.2 Å². The number of anilines is 2. The highest BCUT2D eigenvalue weighted by atomic mass is 16.7. The van der Waals surface area contributed by atoms with Crippen molar-refractivity contribution in [2.24, 2.45) is 5.92 Å². The largest absolute Gasteiger partial charge is 0.464 e. The van der Waals surface area contributed by atoms with Crippen molar-refractivity contribution in [2.45, 2.75) is 44.8 Å². The molecular weight excluding hydrogens is 594 g/mol. The fourth-order valence-electron chi connectivity index (χ4n) is 5.25. The van der Waals surface area contributed by atoms with Crippen LogP contribution in [-0.2, 0) is 28.5 Å². The van der Waals surface area contributed by atoms with Crippen LogP contribution in [-0.4, -0.2) is 69.4 Å². The number of fused-ring (bicyclic) bond motifs is 1. The molecule has 0 radical (unpaired) electrons. The van der Waals surface area contributed by atoms with E-state index in [0.717, 1.165) is 0 Å². The van der Waals surface area contributed by atoms with Crippen LogP contribution in [0, 0.1) is 5.92 Å². The maximum absolute atomic E-state index is 13.6. The maximum Gasteiger partial charge on any atom is 0.286 e. The Kier molecular flexibility index (Phi) is 13.6. The molecule has 2 amide bonds. The molecular formula is C34H43N3O9. The van der Waals surface area contributed by atoms with E-state index in [9.17, 15) is 14.4 Å². The monoisotopic (exact) mass is 637 g/mol. The van der Waals surface area contributed by atoms with E-state index in [1.54, 1.807) is 54.6 Å². The van der Waals surface area contributed by atoms with Crippen molar-refractivity contribution in [3.63, 3.8) is 0 Å². The minimum Gasteiger partial charge on any atom is -0.464 e. The van der Waals surface area contributed by atoms with Crippen molar-refractivity contribution >= 4 is 34.2 Å². The van der Waals surface area contributed by atoms with Crippen molar-refractivity contribution < 1.29 is 38.1 Å². The summed E-state index contributed by atoms with van der Waals surface area (Å²) in [5.41, 5.74) is 7.61. The number of para-hydroxylation sites is 3. The van der Waals surface area contributed by atoms with Crippen molar-refractivity contribution in [3.05, 3.63) is 82.4 Å². The lowest BCUT2D eigenvalue weighted by Crippen LogP contribution is -2.40. The number of rotatable bonds is 18. The van der Waals surface area contributed by atoms with Crippen molar-refractivity contribution in [3.8, 4) is 0 Å². The molecule has 2 heterocycles. The summed E-state index contributed by atoms with van der Waals surface area (Å²) < 4.78 is 28.9. The highest BCUT2D eigenvalue weighted by Crippen LogP contribution is 2.38. The van der Waals surface area contributed by atoms with Gasteiger partial charge in [-0.15, -0.1) is 0 Å². The maximum atomic E-state index is 13.6. The summed E-state index contributed by atoms with van der Waals surface area (Å²) in [7, 11) is 0. The quantitative estimate of drug-likeness (QED) is 0.119. The molecule has 5 N–H and O–H groups in total. The molecule has 248 valence electrons. The summed E-state index contributed by atoms with van der Waals surface area (Å²) >= 11 is 0. The van der Waals surface area contributed by atoms with Gasteiger partial charge in [-0.2, -0.15) is 0 Å². The number of allylic oxidation sites excluding steroid dienone is 1. The Morgan fingerprint density at radius 2 is 1.76 bits per heavy atom. The van der Waals surface area contributed by atoms with Crippen LogP contribution in [0.2, 0.25) is 0 Å². The standard InChI is InChI=1S/C34H43N3O9/c1-2-44-34-23(14-17-42-19-20-43-18-16-38)25(26-22-45-29-12-6-3-9-24(29)32(26)40)21-30(46-34)33(41)36-15-8-7-13-31(39)37-28-11-5-4-10-27(28)35/h3-6,9-12,21-23,25,34,38H,2,7-8,13-20,35H2,1H3,(H,36,41)(H,37,39)/t23-,25-,34+/m1/s1. The van der Waals surface area contributed by atoms with Gasteiger partial charge in [0.05, 0.1) is 49.5 Å². The molecule has 4 rings (SSSR count). The Balaban J connectivity index is 1.43. The van der Waals surface area contributed by atoms with Gasteiger partial charge in [0.25, 0.3) is 5.91 Å². The lowest BCUT2D eigenvalue weighted by molar-refractivity contribution is -0.168. The Morgan fingerprint density at radius 3 is 2.54 bits per heavy atom. The van der Waals surface area contributed by atoms with Gasteiger partial charge in [-0.1, -0.05) is 24.3 Å². The number of carbonyl (C=O) groups excluding carboxylic acids is 2. The molecule has 2 aromatic carbocycles. The summed E-state index contributed by atoms with van der Waals surface area (Å²) in [5, 5.41) is 15.0. The second kappa shape index (κ2) is 18.1. The Hall–Kier alpha value is -4.23. The first-order valence-corrected chi connectivity index (χ1v) is 15.6. The molecule has 12 heteroatoms. The summed E-state index contributed by atoms with van der Waals surface area (Å²) in [5.74, 6) is -1.49. The molecule has 12 nitrogen and oxygen atoms in total. The Bertz CT molecular complexity index is 1520. The van der Waals surface area contributed by atoms with E-state index >= 15 is 0 Å². The number of aliphatic hydroxyl groups excluding tert-OH is 1. The van der Waals surface area contributed by atoms with E-state index < -0.39 is 18.1 Å². The Labute approximate surface area is 267 Å². The third-order valence-corrected chi connectivity index (χ3v) is 7.56. The van der Waals surface area contributed by atoms with Crippen LogP contribution < -0.4 is 21.8 Å². The number of nitrogen functional groups attached to an aromatic ring is 1. The molecule has 0 saturated carbocycles. The van der Waals surface area contributed by atoms with Crippen LogP contribution >= 0.6 is 0 Å². The van der Waals surface area contributed by atoms with Crippen LogP contribution in [0.3, 0.4) is 0 Å².